The van der Waals surface area contributed by atoms with Crippen molar-refractivity contribution >= 4 is 21.6 Å². The molecule has 0 radical (unpaired) electrons. The molecule has 0 amide bonds. The fourth-order valence-corrected chi connectivity index (χ4v) is 1.42. The van der Waals surface area contributed by atoms with Gasteiger partial charge in [-0.3, -0.25) is 4.68 Å². The number of aromatic nitrogens is 2. The number of sulfonamides is 1. The maximum absolute atomic E-state index is 10.7. The first-order valence-corrected chi connectivity index (χ1v) is 5.87. The lowest BCUT2D eigenvalue weighted by atomic mass is 10.6. The summed E-state index contributed by atoms with van der Waals surface area (Å²) in [5.41, 5.74) is 0. The van der Waals surface area contributed by atoms with Crippen LogP contribution in [0.1, 0.15) is 0 Å². The summed E-state index contributed by atoms with van der Waals surface area (Å²) in [5.74, 6) is 0. The molecule has 1 aromatic heterocycles. The van der Waals surface area contributed by atoms with Crippen LogP contribution in [0.5, 0.6) is 0 Å². The summed E-state index contributed by atoms with van der Waals surface area (Å²) in [6, 6.07) is 0. The molecule has 0 fully saturated rings. The van der Waals surface area contributed by atoms with Gasteiger partial charge in [-0.1, -0.05) is 11.6 Å². The maximum Gasteiger partial charge on any atom is 0.208 e. The van der Waals surface area contributed by atoms with Crippen LogP contribution in [-0.2, 0) is 16.6 Å². The normalized spacial score (nSPS) is 11.8. The second-order valence-electron chi connectivity index (χ2n) is 2.59. The van der Waals surface area contributed by atoms with Gasteiger partial charge in [-0.05, 0) is 0 Å². The topological polar surface area (TPSA) is 64.0 Å². The number of hydrogen-bond acceptors (Lipinski definition) is 3. The lowest BCUT2D eigenvalue weighted by molar-refractivity contribution is 0.565. The number of rotatable bonds is 4. The third-order valence-corrected chi connectivity index (χ3v) is 2.23. The summed E-state index contributed by atoms with van der Waals surface area (Å²) < 4.78 is 25.2. The van der Waals surface area contributed by atoms with Gasteiger partial charge in [-0.2, -0.15) is 5.10 Å². The van der Waals surface area contributed by atoms with E-state index in [-0.39, 0.29) is 0 Å². The Bertz CT molecular complexity index is 373. The Morgan fingerprint density at radius 3 is 2.85 bits per heavy atom. The highest BCUT2D eigenvalue weighted by molar-refractivity contribution is 7.88. The third-order valence-electron chi connectivity index (χ3n) is 1.31. The lowest BCUT2D eigenvalue weighted by Gasteiger charge is -2.01. The van der Waals surface area contributed by atoms with Crippen LogP contribution in [0.3, 0.4) is 0 Å². The number of hydrogen-bond donors (Lipinski definition) is 1. The van der Waals surface area contributed by atoms with E-state index in [4.69, 9.17) is 11.6 Å². The minimum Gasteiger partial charge on any atom is -0.270 e. The van der Waals surface area contributed by atoms with Crippen LogP contribution in [0.15, 0.2) is 12.4 Å². The van der Waals surface area contributed by atoms with Gasteiger partial charge in [0, 0.05) is 12.7 Å². The number of nitrogens with one attached hydrogen (secondary N) is 1. The molecule has 13 heavy (non-hydrogen) atoms. The monoisotopic (exact) mass is 223 g/mol. The van der Waals surface area contributed by atoms with Crippen molar-refractivity contribution in [3.63, 3.8) is 0 Å². The standard InChI is InChI=1S/C6H10ClN3O2S/c1-13(11,12)9-2-3-10-5-6(7)4-8-10/h4-5,9H,2-3H2,1H3. The van der Waals surface area contributed by atoms with Gasteiger partial charge >= 0.3 is 0 Å². The molecule has 74 valence electrons. The Labute approximate surface area is 81.7 Å². The molecule has 1 N–H and O–H groups in total. The molecule has 0 bridgehead atoms. The molecule has 0 aliphatic heterocycles. The van der Waals surface area contributed by atoms with Crippen molar-refractivity contribution in [3.05, 3.63) is 17.4 Å². The average molecular weight is 224 g/mol. The van der Waals surface area contributed by atoms with Crippen molar-refractivity contribution in [1.29, 1.82) is 0 Å². The Morgan fingerprint density at radius 2 is 2.38 bits per heavy atom. The molecule has 0 aliphatic rings. The van der Waals surface area contributed by atoms with Gasteiger partial charge < -0.3 is 0 Å². The number of halogens is 1. The van der Waals surface area contributed by atoms with Gasteiger partial charge in [0.15, 0.2) is 0 Å². The van der Waals surface area contributed by atoms with Crippen molar-refractivity contribution in [2.45, 2.75) is 6.54 Å². The van der Waals surface area contributed by atoms with Crippen LogP contribution in [0, 0.1) is 0 Å². The third kappa shape index (κ3) is 4.25. The Kier molecular flexibility index (Phi) is 3.29. The second-order valence-corrected chi connectivity index (χ2v) is 4.86. The van der Waals surface area contributed by atoms with Gasteiger partial charge in [0.05, 0.1) is 24.0 Å². The molecule has 0 atom stereocenters. The molecule has 0 unspecified atom stereocenters. The molecule has 1 rings (SSSR count). The number of nitrogens with zero attached hydrogens (tertiary/aromatic N) is 2. The molecule has 7 heteroatoms. The van der Waals surface area contributed by atoms with Crippen molar-refractivity contribution in [1.82, 2.24) is 14.5 Å². The first-order chi connectivity index (χ1) is 5.97. The van der Waals surface area contributed by atoms with Crippen LogP contribution < -0.4 is 4.72 Å². The zero-order chi connectivity index (χ0) is 9.90. The van der Waals surface area contributed by atoms with Gasteiger partial charge in [0.2, 0.25) is 10.0 Å². The minimum absolute atomic E-state index is 0.316. The molecular formula is C6H10ClN3O2S. The van der Waals surface area contributed by atoms with Gasteiger partial charge in [0.25, 0.3) is 0 Å². The second kappa shape index (κ2) is 4.08. The maximum atomic E-state index is 10.7. The quantitative estimate of drug-likeness (QED) is 0.787. The van der Waals surface area contributed by atoms with E-state index in [1.165, 1.54) is 6.20 Å². The van der Waals surface area contributed by atoms with Gasteiger partial charge in [0.1, 0.15) is 0 Å². The van der Waals surface area contributed by atoms with E-state index in [1.54, 1.807) is 10.9 Å². The van der Waals surface area contributed by atoms with Crippen molar-refractivity contribution in [2.24, 2.45) is 0 Å². The Hall–Kier alpha value is -0.590. The molecule has 0 spiro atoms. The van der Waals surface area contributed by atoms with Crippen molar-refractivity contribution in [3.8, 4) is 0 Å². The zero-order valence-corrected chi connectivity index (χ0v) is 8.64. The molecule has 1 heterocycles. The van der Waals surface area contributed by atoms with E-state index in [1.807, 2.05) is 0 Å². The SMILES string of the molecule is CS(=O)(=O)NCCn1cc(Cl)cn1. The highest BCUT2D eigenvalue weighted by atomic mass is 35.5. The van der Waals surface area contributed by atoms with E-state index in [0.717, 1.165) is 6.26 Å². The van der Waals surface area contributed by atoms with E-state index in [0.29, 0.717) is 18.1 Å². The molecule has 0 saturated heterocycles. The molecule has 0 aromatic carbocycles. The first-order valence-electron chi connectivity index (χ1n) is 3.60. The van der Waals surface area contributed by atoms with Crippen LogP contribution in [0.4, 0.5) is 0 Å². The summed E-state index contributed by atoms with van der Waals surface area (Å²) in [4.78, 5) is 0. The van der Waals surface area contributed by atoms with E-state index >= 15 is 0 Å². The predicted octanol–water partition coefficient (Wildman–Crippen LogP) is 0.0857. The van der Waals surface area contributed by atoms with Gasteiger partial charge in [-0.25, -0.2) is 13.1 Å². The fraction of sp³-hybridized carbons (Fsp3) is 0.500. The summed E-state index contributed by atoms with van der Waals surface area (Å²) in [5, 5.41) is 4.43. The van der Waals surface area contributed by atoms with Crippen LogP contribution in [0.25, 0.3) is 0 Å². The van der Waals surface area contributed by atoms with Gasteiger partial charge in [-0.15, -0.1) is 0 Å². The summed E-state index contributed by atoms with van der Waals surface area (Å²) in [6.07, 6.45) is 4.25. The summed E-state index contributed by atoms with van der Waals surface area (Å²) >= 11 is 5.61. The van der Waals surface area contributed by atoms with Crippen LogP contribution >= 0.6 is 11.6 Å². The highest BCUT2D eigenvalue weighted by Gasteiger charge is 2.00. The van der Waals surface area contributed by atoms with Crippen LogP contribution in [-0.4, -0.2) is 31.0 Å². The first kappa shape index (κ1) is 10.5. The highest BCUT2D eigenvalue weighted by Crippen LogP contribution is 2.03. The molecule has 5 nitrogen and oxygen atoms in total. The molecular weight excluding hydrogens is 214 g/mol. The summed E-state index contributed by atoms with van der Waals surface area (Å²) in [6.45, 7) is 0.788. The van der Waals surface area contributed by atoms with E-state index in [9.17, 15) is 8.42 Å². The van der Waals surface area contributed by atoms with Crippen LogP contribution in [0.2, 0.25) is 5.02 Å². The molecule has 0 saturated carbocycles. The van der Waals surface area contributed by atoms with Crippen molar-refractivity contribution in [2.75, 3.05) is 12.8 Å². The fourth-order valence-electron chi connectivity index (χ4n) is 0.806. The summed E-state index contributed by atoms with van der Waals surface area (Å²) in [7, 11) is -3.11. The Balaban J connectivity index is 2.36. The minimum atomic E-state index is -3.11. The van der Waals surface area contributed by atoms with E-state index < -0.39 is 10.0 Å². The molecule has 1 aromatic rings. The average Bonchev–Trinajstić information content (AvgIpc) is 2.33. The zero-order valence-electron chi connectivity index (χ0n) is 7.07. The Morgan fingerprint density at radius 1 is 1.69 bits per heavy atom. The van der Waals surface area contributed by atoms with Crippen molar-refractivity contribution < 1.29 is 8.42 Å². The smallest absolute Gasteiger partial charge is 0.208 e. The largest absolute Gasteiger partial charge is 0.270 e. The molecule has 0 aliphatic carbocycles. The van der Waals surface area contributed by atoms with E-state index in [2.05, 4.69) is 9.82 Å². The predicted molar refractivity (Wildman–Crippen MR) is 50.1 cm³/mol. The lowest BCUT2D eigenvalue weighted by Crippen LogP contribution is -2.26.